The molecule has 2 aromatic rings. The highest BCUT2D eigenvalue weighted by molar-refractivity contribution is 6.32. The first kappa shape index (κ1) is 21.1. The number of nitrogens with zero attached hydrogens (tertiary/aromatic N) is 1. The standard InChI is InChI=1S/C22H26ClN3O3/c1-29-19-10-9-17(15-18(19)23)25-22(28)21(16-7-3-2-4-8-16)24-12-11-20(27)26-13-5-6-14-26/h2-4,7-10,15,21,24H,5-6,11-14H2,1H3,(H,25,28)/t21-/m1/s1. The summed E-state index contributed by atoms with van der Waals surface area (Å²) in [4.78, 5) is 27.1. The van der Waals surface area contributed by atoms with Crippen LogP contribution in [0.25, 0.3) is 0 Å². The number of methoxy groups -OCH3 is 1. The van der Waals surface area contributed by atoms with Crippen LogP contribution in [0.3, 0.4) is 0 Å². The van der Waals surface area contributed by atoms with Crippen LogP contribution in [0.15, 0.2) is 48.5 Å². The van der Waals surface area contributed by atoms with Crippen molar-refractivity contribution in [2.75, 3.05) is 32.1 Å². The Morgan fingerprint density at radius 2 is 1.86 bits per heavy atom. The minimum absolute atomic E-state index is 0.129. The Bertz CT molecular complexity index is 838. The van der Waals surface area contributed by atoms with E-state index in [0.717, 1.165) is 31.5 Å². The molecule has 0 aliphatic carbocycles. The van der Waals surface area contributed by atoms with Crippen molar-refractivity contribution in [1.29, 1.82) is 0 Å². The summed E-state index contributed by atoms with van der Waals surface area (Å²) in [6, 6.07) is 14.0. The minimum atomic E-state index is -0.580. The molecule has 0 unspecified atom stereocenters. The number of hydrogen-bond donors (Lipinski definition) is 2. The van der Waals surface area contributed by atoms with Crippen LogP contribution in [-0.4, -0.2) is 43.5 Å². The van der Waals surface area contributed by atoms with E-state index >= 15 is 0 Å². The van der Waals surface area contributed by atoms with Gasteiger partial charge in [-0.15, -0.1) is 0 Å². The molecule has 1 saturated heterocycles. The Morgan fingerprint density at radius 1 is 1.14 bits per heavy atom. The maximum Gasteiger partial charge on any atom is 0.246 e. The third-order valence-electron chi connectivity index (χ3n) is 4.96. The highest BCUT2D eigenvalue weighted by Crippen LogP contribution is 2.27. The highest BCUT2D eigenvalue weighted by Gasteiger charge is 2.22. The van der Waals surface area contributed by atoms with Gasteiger partial charge < -0.3 is 20.3 Å². The van der Waals surface area contributed by atoms with Crippen LogP contribution in [0.5, 0.6) is 5.75 Å². The molecule has 0 radical (unpaired) electrons. The lowest BCUT2D eigenvalue weighted by molar-refractivity contribution is -0.130. The zero-order chi connectivity index (χ0) is 20.6. The number of anilines is 1. The Labute approximate surface area is 176 Å². The number of hydrogen-bond acceptors (Lipinski definition) is 4. The molecule has 1 fully saturated rings. The van der Waals surface area contributed by atoms with Crippen molar-refractivity contribution in [2.45, 2.75) is 25.3 Å². The normalized spacial score (nSPS) is 14.5. The summed E-state index contributed by atoms with van der Waals surface area (Å²) in [5.41, 5.74) is 1.41. The summed E-state index contributed by atoms with van der Waals surface area (Å²) in [6.45, 7) is 2.09. The lowest BCUT2D eigenvalue weighted by atomic mass is 10.1. The zero-order valence-electron chi connectivity index (χ0n) is 16.5. The second-order valence-corrected chi connectivity index (χ2v) is 7.38. The van der Waals surface area contributed by atoms with E-state index in [1.807, 2.05) is 35.2 Å². The van der Waals surface area contributed by atoms with Crippen molar-refractivity contribution < 1.29 is 14.3 Å². The van der Waals surface area contributed by atoms with Crippen LogP contribution in [-0.2, 0) is 9.59 Å². The molecule has 0 aromatic heterocycles. The number of carbonyl (C=O) groups is 2. The average molecular weight is 416 g/mol. The zero-order valence-corrected chi connectivity index (χ0v) is 17.2. The number of halogens is 1. The fraction of sp³-hybridized carbons (Fsp3) is 0.364. The van der Waals surface area contributed by atoms with E-state index in [1.54, 1.807) is 18.2 Å². The first-order valence-corrected chi connectivity index (χ1v) is 10.2. The van der Waals surface area contributed by atoms with E-state index in [2.05, 4.69) is 10.6 Å². The van der Waals surface area contributed by atoms with Crippen LogP contribution >= 0.6 is 11.6 Å². The number of likely N-dealkylation sites (tertiary alicyclic amines) is 1. The molecule has 154 valence electrons. The van der Waals surface area contributed by atoms with Gasteiger partial charge in [-0.3, -0.25) is 9.59 Å². The molecule has 0 spiro atoms. The Hall–Kier alpha value is -2.57. The molecule has 2 N–H and O–H groups in total. The molecule has 7 heteroatoms. The van der Waals surface area contributed by atoms with Gasteiger partial charge in [-0.05, 0) is 36.6 Å². The molecule has 2 amide bonds. The maximum atomic E-state index is 13.0. The molecule has 1 heterocycles. The van der Waals surface area contributed by atoms with Crippen LogP contribution < -0.4 is 15.4 Å². The summed E-state index contributed by atoms with van der Waals surface area (Å²) in [5.74, 6) is 0.457. The van der Waals surface area contributed by atoms with Gasteiger partial charge in [0, 0.05) is 31.7 Å². The molecular weight excluding hydrogens is 390 g/mol. The molecule has 0 saturated carbocycles. The quantitative estimate of drug-likeness (QED) is 0.690. The van der Waals surface area contributed by atoms with Gasteiger partial charge in [0.1, 0.15) is 11.8 Å². The van der Waals surface area contributed by atoms with Crippen LogP contribution in [0.4, 0.5) is 5.69 Å². The third-order valence-corrected chi connectivity index (χ3v) is 5.26. The lowest BCUT2D eigenvalue weighted by Gasteiger charge is -2.20. The number of nitrogens with one attached hydrogen (secondary N) is 2. The third kappa shape index (κ3) is 5.71. The predicted molar refractivity (Wildman–Crippen MR) is 114 cm³/mol. The minimum Gasteiger partial charge on any atom is -0.495 e. The van der Waals surface area contributed by atoms with Crippen molar-refractivity contribution in [3.05, 3.63) is 59.1 Å². The molecular formula is C22H26ClN3O3. The van der Waals surface area contributed by atoms with Crippen molar-refractivity contribution in [3.63, 3.8) is 0 Å². The van der Waals surface area contributed by atoms with Gasteiger partial charge in [0.2, 0.25) is 11.8 Å². The van der Waals surface area contributed by atoms with Gasteiger partial charge in [0.25, 0.3) is 0 Å². The Kier molecular flexibility index (Phi) is 7.49. The molecule has 0 bridgehead atoms. The van der Waals surface area contributed by atoms with E-state index in [-0.39, 0.29) is 11.8 Å². The molecule has 1 aliphatic heterocycles. The molecule has 2 aromatic carbocycles. The molecule has 29 heavy (non-hydrogen) atoms. The molecule has 1 atom stereocenters. The lowest BCUT2D eigenvalue weighted by Crippen LogP contribution is -2.36. The topological polar surface area (TPSA) is 70.7 Å². The van der Waals surface area contributed by atoms with Crippen molar-refractivity contribution >= 4 is 29.1 Å². The fourth-order valence-corrected chi connectivity index (χ4v) is 3.67. The number of amides is 2. The van der Waals surface area contributed by atoms with Crippen LogP contribution in [0.2, 0.25) is 5.02 Å². The summed E-state index contributed by atoms with van der Waals surface area (Å²) < 4.78 is 5.15. The van der Waals surface area contributed by atoms with E-state index in [9.17, 15) is 9.59 Å². The van der Waals surface area contributed by atoms with E-state index < -0.39 is 6.04 Å². The van der Waals surface area contributed by atoms with Gasteiger partial charge in [-0.25, -0.2) is 0 Å². The van der Waals surface area contributed by atoms with Crippen LogP contribution in [0, 0.1) is 0 Å². The summed E-state index contributed by atoms with van der Waals surface area (Å²) >= 11 is 6.16. The smallest absolute Gasteiger partial charge is 0.246 e. The van der Waals surface area contributed by atoms with E-state index in [0.29, 0.717) is 29.4 Å². The second-order valence-electron chi connectivity index (χ2n) is 6.97. The highest BCUT2D eigenvalue weighted by atomic mass is 35.5. The molecule has 3 rings (SSSR count). The number of benzene rings is 2. The van der Waals surface area contributed by atoms with E-state index in [4.69, 9.17) is 16.3 Å². The van der Waals surface area contributed by atoms with Crippen molar-refractivity contribution in [3.8, 4) is 5.75 Å². The first-order chi connectivity index (χ1) is 14.1. The number of ether oxygens (including phenoxy) is 1. The Morgan fingerprint density at radius 3 is 2.52 bits per heavy atom. The second kappa shape index (κ2) is 10.3. The maximum absolute atomic E-state index is 13.0. The molecule has 1 aliphatic rings. The number of carbonyl (C=O) groups excluding carboxylic acids is 2. The van der Waals surface area contributed by atoms with Gasteiger partial charge in [-0.2, -0.15) is 0 Å². The van der Waals surface area contributed by atoms with Gasteiger partial charge in [-0.1, -0.05) is 41.9 Å². The van der Waals surface area contributed by atoms with Gasteiger partial charge in [0.15, 0.2) is 0 Å². The van der Waals surface area contributed by atoms with Gasteiger partial charge >= 0.3 is 0 Å². The van der Waals surface area contributed by atoms with Crippen molar-refractivity contribution in [1.82, 2.24) is 10.2 Å². The average Bonchev–Trinajstić information content (AvgIpc) is 3.27. The summed E-state index contributed by atoms with van der Waals surface area (Å²) in [7, 11) is 1.54. The van der Waals surface area contributed by atoms with Gasteiger partial charge in [0.05, 0.1) is 12.1 Å². The van der Waals surface area contributed by atoms with Crippen LogP contribution in [0.1, 0.15) is 30.9 Å². The molecule has 6 nitrogen and oxygen atoms in total. The predicted octanol–water partition coefficient (Wildman–Crippen LogP) is 3.63. The Balaban J connectivity index is 1.65. The summed E-state index contributed by atoms with van der Waals surface area (Å²) in [5, 5.41) is 6.54. The number of rotatable bonds is 8. The largest absolute Gasteiger partial charge is 0.495 e. The fourth-order valence-electron chi connectivity index (χ4n) is 3.41. The summed E-state index contributed by atoms with van der Waals surface area (Å²) in [6.07, 6.45) is 2.50. The SMILES string of the molecule is COc1ccc(NC(=O)[C@H](NCCC(=O)N2CCCC2)c2ccccc2)cc1Cl. The van der Waals surface area contributed by atoms with E-state index in [1.165, 1.54) is 7.11 Å². The first-order valence-electron chi connectivity index (χ1n) is 9.79. The van der Waals surface area contributed by atoms with Crippen molar-refractivity contribution in [2.24, 2.45) is 0 Å². The monoisotopic (exact) mass is 415 g/mol.